The van der Waals surface area contributed by atoms with Crippen molar-refractivity contribution in [3.63, 3.8) is 0 Å². The van der Waals surface area contributed by atoms with Gasteiger partial charge >= 0.3 is 0 Å². The summed E-state index contributed by atoms with van der Waals surface area (Å²) >= 11 is 1.98. The van der Waals surface area contributed by atoms with Crippen LogP contribution in [-0.4, -0.2) is 24.7 Å². The van der Waals surface area contributed by atoms with Crippen molar-refractivity contribution in [2.45, 2.75) is 12.8 Å². The van der Waals surface area contributed by atoms with E-state index in [9.17, 15) is 0 Å². The summed E-state index contributed by atoms with van der Waals surface area (Å²) < 4.78 is 0. The van der Waals surface area contributed by atoms with E-state index in [0.717, 1.165) is 26.1 Å². The third-order valence-corrected chi connectivity index (χ3v) is 2.27. The largest absolute Gasteiger partial charge is 0.237 e. The molecule has 1 saturated heterocycles. The fraction of sp³-hybridized carbons (Fsp3) is 1.00. The first-order valence-electron chi connectivity index (χ1n) is 3.32. The summed E-state index contributed by atoms with van der Waals surface area (Å²) in [6.45, 7) is 1.51. The molecule has 0 N–H and O–H groups in total. The summed E-state index contributed by atoms with van der Waals surface area (Å²) in [5.74, 6) is 2.42. The van der Waals surface area contributed by atoms with Gasteiger partial charge in [-0.1, -0.05) is 0 Å². The summed E-state index contributed by atoms with van der Waals surface area (Å²) in [7, 11) is 0. The van der Waals surface area contributed by atoms with Crippen LogP contribution in [0.3, 0.4) is 0 Å². The van der Waals surface area contributed by atoms with Crippen molar-refractivity contribution in [2.24, 2.45) is 0 Å². The van der Waals surface area contributed by atoms with E-state index in [1.54, 1.807) is 0 Å². The van der Waals surface area contributed by atoms with Gasteiger partial charge in [0.05, 0.1) is 13.2 Å². The minimum Gasteiger partial charge on any atom is -0.237 e. The molecular weight excluding hydrogens is 136 g/mol. The first-order valence-corrected chi connectivity index (χ1v) is 4.48. The molecule has 0 bridgehead atoms. The highest BCUT2D eigenvalue weighted by Crippen LogP contribution is 2.06. The number of thioether (sulfide) groups is 1. The molecule has 0 aliphatic carbocycles. The van der Waals surface area contributed by atoms with Crippen molar-refractivity contribution in [1.82, 2.24) is 0 Å². The van der Waals surface area contributed by atoms with Gasteiger partial charge in [-0.3, -0.25) is 0 Å². The smallest absolute Gasteiger partial charge is 0.0830 e. The number of rotatable bonds is 0. The number of hydrogen-bond donors (Lipinski definition) is 0. The van der Waals surface area contributed by atoms with Gasteiger partial charge in [-0.2, -0.15) is 11.8 Å². The molecule has 1 heterocycles. The Kier molecular flexibility index (Phi) is 4.17. The Bertz CT molecular complexity index is 39.5. The maximum atomic E-state index is 4.84. The van der Waals surface area contributed by atoms with Gasteiger partial charge in [0.15, 0.2) is 0 Å². The molecule has 0 aromatic heterocycles. The maximum absolute atomic E-state index is 4.84. The summed E-state index contributed by atoms with van der Waals surface area (Å²) in [6, 6.07) is 0. The standard InChI is InChI=1S/C6H12O2S/c1-3-7-8-4-2-6-9-5-1/h1-6H2. The quantitative estimate of drug-likeness (QED) is 0.484. The lowest BCUT2D eigenvalue weighted by molar-refractivity contribution is -0.293. The SMILES string of the molecule is C1COOCCCSC1. The molecule has 0 amide bonds. The molecular formula is C6H12O2S. The van der Waals surface area contributed by atoms with E-state index in [4.69, 9.17) is 9.78 Å². The molecule has 0 aromatic carbocycles. The van der Waals surface area contributed by atoms with Crippen molar-refractivity contribution >= 4 is 11.8 Å². The van der Waals surface area contributed by atoms with Crippen molar-refractivity contribution < 1.29 is 9.78 Å². The van der Waals surface area contributed by atoms with E-state index < -0.39 is 0 Å². The zero-order valence-corrected chi connectivity index (χ0v) is 6.28. The van der Waals surface area contributed by atoms with Crippen LogP contribution in [0, 0.1) is 0 Å². The van der Waals surface area contributed by atoms with E-state index >= 15 is 0 Å². The second-order valence-corrected chi connectivity index (χ2v) is 3.19. The highest BCUT2D eigenvalue weighted by molar-refractivity contribution is 7.99. The molecule has 9 heavy (non-hydrogen) atoms. The van der Waals surface area contributed by atoms with Crippen molar-refractivity contribution in [3.8, 4) is 0 Å². The minimum absolute atomic E-state index is 0.757. The highest BCUT2D eigenvalue weighted by atomic mass is 32.2. The molecule has 0 radical (unpaired) electrons. The molecule has 0 atom stereocenters. The molecule has 1 fully saturated rings. The van der Waals surface area contributed by atoms with E-state index in [1.165, 1.54) is 11.5 Å². The Morgan fingerprint density at radius 2 is 1.44 bits per heavy atom. The molecule has 0 saturated carbocycles. The molecule has 1 rings (SSSR count). The third kappa shape index (κ3) is 3.78. The average Bonchev–Trinajstić information content (AvgIpc) is 2.00. The minimum atomic E-state index is 0.757. The molecule has 3 heteroatoms. The monoisotopic (exact) mass is 148 g/mol. The van der Waals surface area contributed by atoms with Gasteiger partial charge in [0.2, 0.25) is 0 Å². The topological polar surface area (TPSA) is 18.5 Å². The molecule has 54 valence electrons. The van der Waals surface area contributed by atoms with Crippen LogP contribution in [0.15, 0.2) is 0 Å². The second-order valence-electron chi connectivity index (χ2n) is 1.96. The van der Waals surface area contributed by atoms with Crippen LogP contribution in [0.25, 0.3) is 0 Å². The zero-order valence-electron chi connectivity index (χ0n) is 5.47. The summed E-state index contributed by atoms with van der Waals surface area (Å²) in [6.07, 6.45) is 2.23. The molecule has 1 aliphatic heterocycles. The van der Waals surface area contributed by atoms with Crippen LogP contribution in [0.5, 0.6) is 0 Å². The Morgan fingerprint density at radius 3 is 2.00 bits per heavy atom. The van der Waals surface area contributed by atoms with Gasteiger partial charge < -0.3 is 0 Å². The lowest BCUT2D eigenvalue weighted by atomic mass is 10.5. The maximum Gasteiger partial charge on any atom is 0.0830 e. The van der Waals surface area contributed by atoms with E-state index in [0.29, 0.717) is 0 Å². The van der Waals surface area contributed by atoms with Gasteiger partial charge in [0.25, 0.3) is 0 Å². The molecule has 0 spiro atoms. The van der Waals surface area contributed by atoms with E-state index in [2.05, 4.69) is 0 Å². The Hall–Kier alpha value is 0.270. The molecule has 0 aromatic rings. The van der Waals surface area contributed by atoms with Crippen LogP contribution >= 0.6 is 11.8 Å². The summed E-state index contributed by atoms with van der Waals surface area (Å²) in [5, 5.41) is 0. The van der Waals surface area contributed by atoms with E-state index in [-0.39, 0.29) is 0 Å². The average molecular weight is 148 g/mol. The third-order valence-electron chi connectivity index (χ3n) is 1.12. The Balaban J connectivity index is 2.02. The van der Waals surface area contributed by atoms with Crippen LogP contribution in [0.2, 0.25) is 0 Å². The van der Waals surface area contributed by atoms with Gasteiger partial charge in [0.1, 0.15) is 0 Å². The molecule has 2 nitrogen and oxygen atoms in total. The van der Waals surface area contributed by atoms with Gasteiger partial charge in [-0.05, 0) is 24.3 Å². The first-order chi connectivity index (χ1) is 4.50. The predicted molar refractivity (Wildman–Crippen MR) is 38.5 cm³/mol. The van der Waals surface area contributed by atoms with Gasteiger partial charge in [0, 0.05) is 0 Å². The zero-order chi connectivity index (χ0) is 6.36. The van der Waals surface area contributed by atoms with Gasteiger partial charge in [-0.25, -0.2) is 9.78 Å². The first kappa shape index (κ1) is 7.38. The Morgan fingerprint density at radius 1 is 0.889 bits per heavy atom. The van der Waals surface area contributed by atoms with Gasteiger partial charge in [-0.15, -0.1) is 0 Å². The lowest BCUT2D eigenvalue weighted by Crippen LogP contribution is -1.97. The second kappa shape index (κ2) is 5.09. The fourth-order valence-corrected chi connectivity index (χ4v) is 1.51. The van der Waals surface area contributed by atoms with Crippen LogP contribution < -0.4 is 0 Å². The highest BCUT2D eigenvalue weighted by Gasteiger charge is 1.96. The van der Waals surface area contributed by atoms with Crippen molar-refractivity contribution in [2.75, 3.05) is 24.7 Å². The van der Waals surface area contributed by atoms with Crippen LogP contribution in [-0.2, 0) is 9.78 Å². The lowest BCUT2D eigenvalue weighted by Gasteiger charge is -1.97. The van der Waals surface area contributed by atoms with Crippen LogP contribution in [0.1, 0.15) is 12.8 Å². The van der Waals surface area contributed by atoms with Crippen LogP contribution in [0.4, 0.5) is 0 Å². The predicted octanol–water partition coefficient (Wildman–Crippen LogP) is 1.46. The molecule has 1 aliphatic rings. The Labute approximate surface area is 59.8 Å². The van der Waals surface area contributed by atoms with E-state index in [1.807, 2.05) is 11.8 Å². The summed E-state index contributed by atoms with van der Waals surface area (Å²) in [4.78, 5) is 9.68. The molecule has 0 unspecified atom stereocenters. The normalized spacial score (nSPS) is 24.0. The number of hydrogen-bond acceptors (Lipinski definition) is 3. The van der Waals surface area contributed by atoms with Crippen molar-refractivity contribution in [1.29, 1.82) is 0 Å². The fourth-order valence-electron chi connectivity index (χ4n) is 0.660. The van der Waals surface area contributed by atoms with Crippen molar-refractivity contribution in [3.05, 3.63) is 0 Å². The summed E-state index contributed by atoms with van der Waals surface area (Å²) in [5.41, 5.74) is 0.